The minimum absolute atomic E-state index is 0.0104. The van der Waals surface area contributed by atoms with Crippen molar-refractivity contribution in [2.75, 3.05) is 13.1 Å². The van der Waals surface area contributed by atoms with Gasteiger partial charge in [0, 0.05) is 19.0 Å². The summed E-state index contributed by atoms with van der Waals surface area (Å²) in [4.78, 5) is 13.5. The number of hydrogen-bond donors (Lipinski definition) is 1. The molecule has 0 bridgehead atoms. The van der Waals surface area contributed by atoms with Crippen LogP contribution < -0.4 is 5.32 Å². The molecule has 2 rings (SSSR count). The fraction of sp³-hybridized carbons (Fsp3) is 0.562. The SMILES string of the molecule is CCNCCC1CCC(=O)N1Cc1cc(F)cc(C(F)(F)F)c1. The largest absolute Gasteiger partial charge is 0.416 e. The number of nitrogens with one attached hydrogen (secondary N) is 1. The zero-order valence-electron chi connectivity index (χ0n) is 12.9. The van der Waals surface area contributed by atoms with Crippen molar-refractivity contribution in [1.82, 2.24) is 10.2 Å². The van der Waals surface area contributed by atoms with Crippen molar-refractivity contribution in [2.45, 2.75) is 44.9 Å². The molecule has 7 heteroatoms. The molecule has 1 N–H and O–H groups in total. The molecule has 1 fully saturated rings. The highest BCUT2D eigenvalue weighted by Gasteiger charge is 2.33. The first-order chi connectivity index (χ1) is 10.8. The van der Waals surface area contributed by atoms with E-state index < -0.39 is 17.6 Å². The number of amides is 1. The van der Waals surface area contributed by atoms with Gasteiger partial charge in [0.2, 0.25) is 5.91 Å². The Balaban J connectivity index is 2.13. The molecule has 0 radical (unpaired) electrons. The van der Waals surface area contributed by atoms with E-state index in [1.807, 2.05) is 6.92 Å². The highest BCUT2D eigenvalue weighted by atomic mass is 19.4. The predicted octanol–water partition coefficient (Wildman–Crippen LogP) is 3.34. The number of hydrogen-bond acceptors (Lipinski definition) is 2. The summed E-state index contributed by atoms with van der Waals surface area (Å²) in [6.07, 6.45) is -2.79. The predicted molar refractivity (Wildman–Crippen MR) is 78.1 cm³/mol. The summed E-state index contributed by atoms with van der Waals surface area (Å²) in [7, 11) is 0. The van der Waals surface area contributed by atoms with Gasteiger partial charge in [-0.1, -0.05) is 6.92 Å². The maximum Gasteiger partial charge on any atom is 0.416 e. The van der Waals surface area contributed by atoms with Gasteiger partial charge in [-0.15, -0.1) is 0 Å². The Bertz CT molecular complexity index is 560. The summed E-state index contributed by atoms with van der Waals surface area (Å²) in [5.41, 5.74) is -0.857. The first-order valence-corrected chi connectivity index (χ1v) is 7.68. The topological polar surface area (TPSA) is 32.3 Å². The van der Waals surface area contributed by atoms with E-state index in [1.165, 1.54) is 0 Å². The zero-order chi connectivity index (χ0) is 17.0. The molecule has 128 valence electrons. The lowest BCUT2D eigenvalue weighted by molar-refractivity contribution is -0.137. The summed E-state index contributed by atoms with van der Waals surface area (Å²) in [6, 6.07) is 2.43. The van der Waals surface area contributed by atoms with Gasteiger partial charge in [-0.25, -0.2) is 4.39 Å². The van der Waals surface area contributed by atoms with Crippen LogP contribution in [0.1, 0.15) is 37.3 Å². The van der Waals surface area contributed by atoms with Gasteiger partial charge in [-0.05, 0) is 49.7 Å². The van der Waals surface area contributed by atoms with Crippen LogP contribution in [0, 0.1) is 5.82 Å². The zero-order valence-corrected chi connectivity index (χ0v) is 12.9. The van der Waals surface area contributed by atoms with Crippen LogP contribution in [0.3, 0.4) is 0 Å². The molecule has 23 heavy (non-hydrogen) atoms. The first-order valence-electron chi connectivity index (χ1n) is 7.68. The van der Waals surface area contributed by atoms with Crippen LogP contribution in [0.4, 0.5) is 17.6 Å². The van der Waals surface area contributed by atoms with Crippen LogP contribution in [-0.4, -0.2) is 29.9 Å². The van der Waals surface area contributed by atoms with Gasteiger partial charge in [0.05, 0.1) is 5.56 Å². The number of benzene rings is 1. The summed E-state index contributed by atoms with van der Waals surface area (Å²) in [5, 5.41) is 3.17. The Morgan fingerprint density at radius 3 is 2.70 bits per heavy atom. The van der Waals surface area contributed by atoms with Crippen molar-refractivity contribution < 1.29 is 22.4 Å². The summed E-state index contributed by atoms with van der Waals surface area (Å²) in [5.74, 6) is -1.03. The minimum atomic E-state index is -4.60. The van der Waals surface area contributed by atoms with Gasteiger partial charge < -0.3 is 10.2 Å². The Hall–Kier alpha value is -1.63. The van der Waals surface area contributed by atoms with Crippen LogP contribution >= 0.6 is 0 Å². The van der Waals surface area contributed by atoms with Crippen molar-refractivity contribution in [3.05, 3.63) is 35.1 Å². The molecule has 0 aliphatic carbocycles. The monoisotopic (exact) mass is 332 g/mol. The van der Waals surface area contributed by atoms with E-state index >= 15 is 0 Å². The van der Waals surface area contributed by atoms with Crippen molar-refractivity contribution in [2.24, 2.45) is 0 Å². The van der Waals surface area contributed by atoms with Gasteiger partial charge in [0.1, 0.15) is 5.82 Å². The van der Waals surface area contributed by atoms with Crippen LogP contribution in [0.2, 0.25) is 0 Å². The Morgan fingerprint density at radius 2 is 2.04 bits per heavy atom. The maximum absolute atomic E-state index is 13.5. The molecule has 1 atom stereocenters. The molecule has 1 heterocycles. The number of carbonyl (C=O) groups is 1. The lowest BCUT2D eigenvalue weighted by Crippen LogP contribution is -2.34. The van der Waals surface area contributed by atoms with Crippen LogP contribution in [0.25, 0.3) is 0 Å². The molecular formula is C16H20F4N2O. The second-order valence-corrected chi connectivity index (χ2v) is 5.70. The normalized spacial score (nSPS) is 18.7. The molecule has 3 nitrogen and oxygen atoms in total. The highest BCUT2D eigenvalue weighted by Crippen LogP contribution is 2.31. The highest BCUT2D eigenvalue weighted by molar-refractivity contribution is 5.78. The first kappa shape index (κ1) is 17.7. The number of nitrogens with zero attached hydrogens (tertiary/aromatic N) is 1. The molecule has 1 amide bonds. The van der Waals surface area contributed by atoms with Crippen molar-refractivity contribution in [3.8, 4) is 0 Å². The van der Waals surface area contributed by atoms with E-state index in [1.54, 1.807) is 4.90 Å². The smallest absolute Gasteiger partial charge is 0.335 e. The maximum atomic E-state index is 13.5. The Labute approximate surface area is 132 Å². The number of carbonyl (C=O) groups excluding carboxylic acids is 1. The van der Waals surface area contributed by atoms with E-state index in [0.717, 1.165) is 31.6 Å². The summed E-state index contributed by atoms with van der Waals surface area (Å²) < 4.78 is 51.8. The Kier molecular flexibility index (Phi) is 5.62. The molecule has 1 aromatic rings. The second kappa shape index (κ2) is 7.29. The fourth-order valence-electron chi connectivity index (χ4n) is 2.86. The molecule has 1 unspecified atom stereocenters. The molecule has 0 aromatic heterocycles. The third-order valence-electron chi connectivity index (χ3n) is 3.99. The molecule has 1 aliphatic heterocycles. The van der Waals surface area contributed by atoms with E-state index in [2.05, 4.69) is 5.32 Å². The molecule has 0 saturated carbocycles. The fourth-order valence-corrected chi connectivity index (χ4v) is 2.86. The number of rotatable bonds is 6. The second-order valence-electron chi connectivity index (χ2n) is 5.70. The molecule has 1 aliphatic rings. The van der Waals surface area contributed by atoms with Gasteiger partial charge in [0.25, 0.3) is 0 Å². The lowest BCUT2D eigenvalue weighted by atomic mass is 10.1. The van der Waals surface area contributed by atoms with Gasteiger partial charge in [0.15, 0.2) is 0 Å². The van der Waals surface area contributed by atoms with E-state index in [0.29, 0.717) is 18.9 Å². The number of halogens is 4. The van der Waals surface area contributed by atoms with E-state index in [-0.39, 0.29) is 24.1 Å². The van der Waals surface area contributed by atoms with E-state index in [9.17, 15) is 22.4 Å². The molecule has 0 spiro atoms. The third-order valence-corrected chi connectivity index (χ3v) is 3.99. The van der Waals surface area contributed by atoms with Gasteiger partial charge in [-0.3, -0.25) is 4.79 Å². The Morgan fingerprint density at radius 1 is 1.30 bits per heavy atom. The quantitative estimate of drug-likeness (QED) is 0.640. The summed E-state index contributed by atoms with van der Waals surface area (Å²) in [6.45, 7) is 3.54. The third kappa shape index (κ3) is 4.67. The van der Waals surface area contributed by atoms with Crippen LogP contribution in [0.5, 0.6) is 0 Å². The molecule has 1 aromatic carbocycles. The van der Waals surface area contributed by atoms with E-state index in [4.69, 9.17) is 0 Å². The van der Waals surface area contributed by atoms with Crippen molar-refractivity contribution in [1.29, 1.82) is 0 Å². The van der Waals surface area contributed by atoms with Crippen LogP contribution in [0.15, 0.2) is 18.2 Å². The number of alkyl halides is 3. The van der Waals surface area contributed by atoms with Crippen LogP contribution in [-0.2, 0) is 17.5 Å². The van der Waals surface area contributed by atoms with Crippen molar-refractivity contribution >= 4 is 5.91 Å². The summed E-state index contributed by atoms with van der Waals surface area (Å²) >= 11 is 0. The molecular weight excluding hydrogens is 312 g/mol. The van der Waals surface area contributed by atoms with Gasteiger partial charge in [-0.2, -0.15) is 13.2 Å². The standard InChI is InChI=1S/C16H20F4N2O/c1-2-21-6-5-14-3-4-15(23)22(14)10-11-7-12(16(18,19)20)9-13(17)8-11/h7-9,14,21H,2-6,10H2,1H3. The number of likely N-dealkylation sites (tertiary alicyclic amines) is 1. The average molecular weight is 332 g/mol. The molecule has 1 saturated heterocycles. The average Bonchev–Trinajstić information content (AvgIpc) is 2.79. The lowest BCUT2D eigenvalue weighted by Gasteiger charge is -2.25. The van der Waals surface area contributed by atoms with Gasteiger partial charge >= 0.3 is 6.18 Å². The minimum Gasteiger partial charge on any atom is -0.335 e. The van der Waals surface area contributed by atoms with Crippen molar-refractivity contribution in [3.63, 3.8) is 0 Å².